The molecule has 13 heavy (non-hydrogen) atoms. The highest BCUT2D eigenvalue weighted by atomic mass is 15.6. The summed E-state index contributed by atoms with van der Waals surface area (Å²) in [6, 6.07) is 0. The van der Waals surface area contributed by atoms with Crippen LogP contribution < -0.4 is 5.32 Å². The van der Waals surface area contributed by atoms with Crippen LogP contribution in [-0.4, -0.2) is 74.0 Å². The molecule has 1 N–H and O–H groups in total. The van der Waals surface area contributed by atoms with Gasteiger partial charge in [-0.25, -0.2) is 0 Å². The molecule has 4 nitrogen and oxygen atoms in total. The minimum atomic E-state index is 0.599. The van der Waals surface area contributed by atoms with Crippen molar-refractivity contribution in [2.45, 2.75) is 6.29 Å². The van der Waals surface area contributed by atoms with Crippen LogP contribution in [0.15, 0.2) is 0 Å². The normalized spacial score (nSPS) is 36.8. The Morgan fingerprint density at radius 2 is 1.85 bits per heavy atom. The third-order valence-corrected chi connectivity index (χ3v) is 3.30. The lowest BCUT2D eigenvalue weighted by molar-refractivity contribution is 0.0487. The fourth-order valence-corrected chi connectivity index (χ4v) is 2.62. The van der Waals surface area contributed by atoms with E-state index in [-0.39, 0.29) is 0 Å². The first-order valence-electron chi connectivity index (χ1n) is 5.23. The number of hydrogen-bond donors (Lipinski definition) is 1. The summed E-state index contributed by atoms with van der Waals surface area (Å²) in [6.45, 7) is 7.14. The molecule has 0 aromatic heterocycles. The number of nitrogens with zero attached hydrogens (tertiary/aromatic N) is 3. The van der Waals surface area contributed by atoms with Crippen molar-refractivity contribution in [3.8, 4) is 0 Å². The van der Waals surface area contributed by atoms with Crippen LogP contribution in [0, 0.1) is 0 Å². The van der Waals surface area contributed by atoms with Gasteiger partial charge in [-0.2, -0.15) is 0 Å². The summed E-state index contributed by atoms with van der Waals surface area (Å²) in [6.07, 6.45) is 1.74. The van der Waals surface area contributed by atoms with Gasteiger partial charge in [0.25, 0.3) is 0 Å². The molecular formula is C8H16BN4. The van der Waals surface area contributed by atoms with Crippen molar-refractivity contribution in [3.05, 3.63) is 0 Å². The second kappa shape index (κ2) is 3.24. The monoisotopic (exact) mass is 179 g/mol. The highest BCUT2D eigenvalue weighted by Gasteiger charge is 2.40. The second-order valence-electron chi connectivity index (χ2n) is 4.05. The van der Waals surface area contributed by atoms with E-state index in [1.807, 2.05) is 0 Å². The summed E-state index contributed by atoms with van der Waals surface area (Å²) >= 11 is 0. The van der Waals surface area contributed by atoms with E-state index in [2.05, 4.69) is 27.3 Å². The van der Waals surface area contributed by atoms with Gasteiger partial charge in [0, 0.05) is 39.3 Å². The molecule has 0 spiro atoms. The molecule has 71 valence electrons. The summed E-state index contributed by atoms with van der Waals surface area (Å²) in [7, 11) is 2.36. The second-order valence-corrected chi connectivity index (χ2v) is 4.05. The van der Waals surface area contributed by atoms with Crippen molar-refractivity contribution < 1.29 is 0 Å². The third kappa shape index (κ3) is 1.31. The summed E-state index contributed by atoms with van der Waals surface area (Å²) in [4.78, 5) is 7.63. The van der Waals surface area contributed by atoms with Gasteiger partial charge in [-0.1, -0.05) is 0 Å². The molecule has 3 aliphatic rings. The van der Waals surface area contributed by atoms with E-state index in [0.717, 1.165) is 19.5 Å². The maximum atomic E-state index is 3.47. The molecule has 1 atom stereocenters. The molecule has 0 aromatic carbocycles. The van der Waals surface area contributed by atoms with Crippen LogP contribution in [0.5, 0.6) is 0 Å². The molecule has 3 rings (SSSR count). The number of nitrogens with one attached hydrogen (secondary N) is 1. The summed E-state index contributed by atoms with van der Waals surface area (Å²) < 4.78 is 0. The van der Waals surface area contributed by atoms with E-state index in [1.54, 1.807) is 0 Å². The van der Waals surface area contributed by atoms with Gasteiger partial charge < -0.3 is 10.1 Å². The maximum absolute atomic E-state index is 3.47. The third-order valence-electron chi connectivity index (χ3n) is 3.30. The quantitative estimate of drug-likeness (QED) is 0.451. The molecule has 0 aromatic rings. The maximum Gasteiger partial charge on any atom is 0.227 e. The average Bonchev–Trinajstić information content (AvgIpc) is 2.60. The van der Waals surface area contributed by atoms with E-state index in [9.17, 15) is 0 Å². The lowest BCUT2D eigenvalue weighted by atomic mass is 9.95. The van der Waals surface area contributed by atoms with Crippen LogP contribution in [0.3, 0.4) is 0 Å². The molecular weight excluding hydrogens is 163 g/mol. The Morgan fingerprint density at radius 3 is 2.77 bits per heavy atom. The number of hydrogen-bond acceptors (Lipinski definition) is 4. The molecule has 0 amide bonds. The van der Waals surface area contributed by atoms with E-state index in [4.69, 9.17) is 0 Å². The van der Waals surface area contributed by atoms with E-state index in [1.165, 1.54) is 26.2 Å². The average molecular weight is 179 g/mol. The van der Waals surface area contributed by atoms with Crippen LogP contribution in [0.25, 0.3) is 0 Å². The van der Waals surface area contributed by atoms with Crippen molar-refractivity contribution in [2.75, 3.05) is 45.7 Å². The smallest absolute Gasteiger partial charge is 0.227 e. The standard InChI is InChI=1S/C8H16BN4/c1-3-11-5-6-13-8(11)12(7-9-13)4-2-10-1/h8,10H,1-7H2. The lowest BCUT2D eigenvalue weighted by Gasteiger charge is -2.34. The van der Waals surface area contributed by atoms with Gasteiger partial charge in [0.05, 0.1) is 0 Å². The molecule has 1 unspecified atom stereocenters. The molecule has 3 saturated heterocycles. The van der Waals surface area contributed by atoms with Crippen molar-refractivity contribution in [3.63, 3.8) is 0 Å². The van der Waals surface area contributed by atoms with Gasteiger partial charge >= 0.3 is 0 Å². The lowest BCUT2D eigenvalue weighted by Crippen LogP contribution is -2.51. The fourth-order valence-electron chi connectivity index (χ4n) is 2.62. The van der Waals surface area contributed by atoms with Crippen molar-refractivity contribution in [2.24, 2.45) is 0 Å². The van der Waals surface area contributed by atoms with Gasteiger partial charge in [0.1, 0.15) is 6.29 Å². The molecule has 3 heterocycles. The van der Waals surface area contributed by atoms with Crippen molar-refractivity contribution in [1.82, 2.24) is 19.9 Å². The first-order chi connectivity index (χ1) is 6.45. The zero-order valence-corrected chi connectivity index (χ0v) is 7.95. The van der Waals surface area contributed by atoms with Crippen LogP contribution in [-0.2, 0) is 0 Å². The fraction of sp³-hybridized carbons (Fsp3) is 1.00. The van der Waals surface area contributed by atoms with E-state index >= 15 is 0 Å². The highest BCUT2D eigenvalue weighted by molar-refractivity contribution is 6.33. The molecule has 3 aliphatic heterocycles. The molecule has 3 fully saturated rings. The number of rotatable bonds is 0. The zero-order valence-electron chi connectivity index (χ0n) is 7.95. The van der Waals surface area contributed by atoms with Crippen LogP contribution in [0.4, 0.5) is 0 Å². The van der Waals surface area contributed by atoms with Gasteiger partial charge in [-0.3, -0.25) is 9.80 Å². The van der Waals surface area contributed by atoms with E-state index in [0.29, 0.717) is 6.29 Å². The minimum Gasteiger partial charge on any atom is -0.318 e. The van der Waals surface area contributed by atoms with Crippen LogP contribution in [0.2, 0.25) is 0 Å². The Bertz CT molecular complexity index is 183. The van der Waals surface area contributed by atoms with Gasteiger partial charge in [0.15, 0.2) is 0 Å². The van der Waals surface area contributed by atoms with Crippen molar-refractivity contribution in [1.29, 1.82) is 0 Å². The Morgan fingerprint density at radius 1 is 1.00 bits per heavy atom. The van der Waals surface area contributed by atoms with Crippen molar-refractivity contribution >= 4 is 7.41 Å². The first-order valence-corrected chi connectivity index (χ1v) is 5.23. The Labute approximate surface area is 80.1 Å². The van der Waals surface area contributed by atoms with Gasteiger partial charge in [0.2, 0.25) is 7.41 Å². The Hall–Kier alpha value is -0.0951. The minimum absolute atomic E-state index is 0.599. The molecule has 0 saturated carbocycles. The SMILES string of the molecule is [B]1CN2CCNCCN3CCN1C23. The molecule has 1 radical (unpaired) electrons. The predicted molar refractivity (Wildman–Crippen MR) is 52.3 cm³/mol. The predicted octanol–water partition coefficient (Wildman–Crippen LogP) is -1.62. The van der Waals surface area contributed by atoms with Crippen LogP contribution in [0.1, 0.15) is 0 Å². The zero-order chi connectivity index (χ0) is 8.67. The topological polar surface area (TPSA) is 21.8 Å². The molecule has 5 heteroatoms. The molecule has 0 bridgehead atoms. The van der Waals surface area contributed by atoms with Gasteiger partial charge in [-0.15, -0.1) is 0 Å². The highest BCUT2D eigenvalue weighted by Crippen LogP contribution is 2.22. The van der Waals surface area contributed by atoms with E-state index < -0.39 is 0 Å². The Balaban J connectivity index is 1.79. The first kappa shape index (κ1) is 8.23. The summed E-state index contributed by atoms with van der Waals surface area (Å²) in [5, 5.41) is 3.47. The summed E-state index contributed by atoms with van der Waals surface area (Å²) in [5.74, 6) is 0. The Kier molecular flexibility index (Phi) is 2.05. The largest absolute Gasteiger partial charge is 0.318 e. The van der Waals surface area contributed by atoms with Gasteiger partial charge in [-0.05, 0) is 6.44 Å². The molecule has 0 aliphatic carbocycles. The van der Waals surface area contributed by atoms with Crippen LogP contribution >= 0.6 is 0 Å². The summed E-state index contributed by atoms with van der Waals surface area (Å²) in [5.41, 5.74) is 0.